The van der Waals surface area contributed by atoms with Gasteiger partial charge < -0.3 is 5.32 Å². The van der Waals surface area contributed by atoms with Gasteiger partial charge in [-0.15, -0.1) is 0 Å². The average Bonchev–Trinajstić information content (AvgIpc) is 2.11. The zero-order chi connectivity index (χ0) is 14.6. The molecule has 0 aromatic carbocycles. The third-order valence-electron chi connectivity index (χ3n) is 3.22. The van der Waals surface area contributed by atoms with Gasteiger partial charge in [0.05, 0.1) is 0 Å². The minimum absolute atomic E-state index is 0.0769. The van der Waals surface area contributed by atoms with Gasteiger partial charge in [-0.25, -0.2) is 0 Å². The molecule has 0 aromatic rings. The molecule has 0 bridgehead atoms. The van der Waals surface area contributed by atoms with E-state index in [2.05, 4.69) is 19.2 Å². The summed E-state index contributed by atoms with van der Waals surface area (Å²) in [6, 6.07) is 0. The number of nitrogens with one attached hydrogen (secondary N) is 1. The lowest BCUT2D eigenvalue weighted by molar-refractivity contribution is -0.129. The summed E-state index contributed by atoms with van der Waals surface area (Å²) in [5.41, 5.74) is -0.516. The molecule has 0 spiro atoms. The molecule has 3 heteroatoms. The lowest BCUT2D eigenvalue weighted by atomic mass is 9.71. The van der Waals surface area contributed by atoms with E-state index in [0.29, 0.717) is 18.9 Å². The third-order valence-corrected chi connectivity index (χ3v) is 3.22. The maximum atomic E-state index is 11.8. The third kappa shape index (κ3) is 6.77. The van der Waals surface area contributed by atoms with E-state index in [9.17, 15) is 9.59 Å². The fourth-order valence-corrected chi connectivity index (χ4v) is 2.20. The highest BCUT2D eigenvalue weighted by molar-refractivity contribution is 5.82. The number of Topliss-reactive ketones (excluding diaryl/α,β-unsaturated/α-hetero) is 1. The van der Waals surface area contributed by atoms with Gasteiger partial charge in [-0.3, -0.25) is 9.59 Å². The zero-order valence-corrected chi connectivity index (χ0v) is 13.0. The first-order valence-corrected chi connectivity index (χ1v) is 6.74. The van der Waals surface area contributed by atoms with Gasteiger partial charge >= 0.3 is 0 Å². The van der Waals surface area contributed by atoms with E-state index in [0.717, 1.165) is 6.42 Å². The zero-order valence-electron chi connectivity index (χ0n) is 13.0. The maximum absolute atomic E-state index is 11.8. The molecule has 0 fully saturated rings. The summed E-state index contributed by atoms with van der Waals surface area (Å²) in [5.74, 6) is 0.719. The predicted octanol–water partition coefficient (Wildman–Crippen LogP) is 3.18. The van der Waals surface area contributed by atoms with Crippen LogP contribution in [-0.2, 0) is 9.59 Å². The van der Waals surface area contributed by atoms with Crippen molar-refractivity contribution in [3.8, 4) is 0 Å². The van der Waals surface area contributed by atoms with Crippen LogP contribution in [0.5, 0.6) is 0 Å². The molecule has 0 heterocycles. The number of carbonyl (C=O) groups is 2. The monoisotopic (exact) mass is 255 g/mol. The molecule has 18 heavy (non-hydrogen) atoms. The highest BCUT2D eigenvalue weighted by Gasteiger charge is 2.33. The van der Waals surface area contributed by atoms with Crippen LogP contribution in [0, 0.1) is 16.7 Å². The molecule has 0 radical (unpaired) electrons. The van der Waals surface area contributed by atoms with Crippen molar-refractivity contribution in [1.29, 1.82) is 0 Å². The van der Waals surface area contributed by atoms with Crippen molar-refractivity contribution in [3.63, 3.8) is 0 Å². The summed E-state index contributed by atoms with van der Waals surface area (Å²) in [5, 5.41) is 2.93. The van der Waals surface area contributed by atoms with E-state index in [-0.39, 0.29) is 22.5 Å². The van der Waals surface area contributed by atoms with Crippen molar-refractivity contribution in [2.45, 2.75) is 61.3 Å². The Morgan fingerprint density at radius 2 is 1.61 bits per heavy atom. The van der Waals surface area contributed by atoms with E-state index in [4.69, 9.17) is 0 Å². The standard InChI is InChI=1S/C15H29NO2/c1-11(2)9-16-13(18)8-14(4,5)10-15(6,7)12(3)17/h11H,8-10H2,1-7H3,(H,16,18). The molecule has 0 aromatic heterocycles. The van der Waals surface area contributed by atoms with E-state index in [1.165, 1.54) is 0 Å². The smallest absolute Gasteiger partial charge is 0.220 e. The number of amides is 1. The first kappa shape index (κ1) is 17.1. The summed E-state index contributed by atoms with van der Waals surface area (Å²) in [4.78, 5) is 23.4. The van der Waals surface area contributed by atoms with Crippen molar-refractivity contribution < 1.29 is 9.59 Å². The Kier molecular flexibility index (Phi) is 6.05. The lowest BCUT2D eigenvalue weighted by Gasteiger charge is -2.33. The SMILES string of the molecule is CC(=O)C(C)(C)CC(C)(C)CC(=O)NCC(C)C. The minimum Gasteiger partial charge on any atom is -0.356 e. The van der Waals surface area contributed by atoms with Crippen LogP contribution in [0.25, 0.3) is 0 Å². The molecule has 0 aliphatic heterocycles. The van der Waals surface area contributed by atoms with E-state index < -0.39 is 0 Å². The second-order valence-corrected chi connectivity index (χ2v) is 7.16. The quantitative estimate of drug-likeness (QED) is 0.759. The van der Waals surface area contributed by atoms with Crippen molar-refractivity contribution >= 4 is 11.7 Å². The Morgan fingerprint density at radius 1 is 1.11 bits per heavy atom. The van der Waals surface area contributed by atoms with Crippen LogP contribution in [-0.4, -0.2) is 18.2 Å². The lowest BCUT2D eigenvalue weighted by Crippen LogP contribution is -2.35. The summed E-state index contributed by atoms with van der Waals surface area (Å²) < 4.78 is 0. The Balaban J connectivity index is 4.39. The van der Waals surface area contributed by atoms with Gasteiger partial charge in [-0.1, -0.05) is 41.5 Å². The topological polar surface area (TPSA) is 46.2 Å². The molecule has 1 N–H and O–H groups in total. The highest BCUT2D eigenvalue weighted by atomic mass is 16.1. The minimum atomic E-state index is -0.359. The molecule has 106 valence electrons. The second-order valence-electron chi connectivity index (χ2n) is 7.16. The molecule has 0 aliphatic carbocycles. The van der Waals surface area contributed by atoms with Crippen molar-refractivity contribution in [2.75, 3.05) is 6.54 Å². The number of hydrogen-bond donors (Lipinski definition) is 1. The van der Waals surface area contributed by atoms with Crippen LogP contribution in [0.1, 0.15) is 61.3 Å². The van der Waals surface area contributed by atoms with Crippen molar-refractivity contribution in [2.24, 2.45) is 16.7 Å². The van der Waals surface area contributed by atoms with E-state index >= 15 is 0 Å². The second kappa shape index (κ2) is 6.35. The van der Waals surface area contributed by atoms with E-state index in [1.807, 2.05) is 27.7 Å². The summed E-state index contributed by atoms with van der Waals surface area (Å²) in [6.07, 6.45) is 1.20. The van der Waals surface area contributed by atoms with Gasteiger partial charge in [0.2, 0.25) is 5.91 Å². The van der Waals surface area contributed by atoms with Crippen molar-refractivity contribution in [1.82, 2.24) is 5.32 Å². The predicted molar refractivity (Wildman–Crippen MR) is 75.3 cm³/mol. The van der Waals surface area contributed by atoms with Crippen LogP contribution in [0.3, 0.4) is 0 Å². The Hall–Kier alpha value is -0.860. The average molecular weight is 255 g/mol. The number of hydrogen-bond acceptors (Lipinski definition) is 2. The van der Waals surface area contributed by atoms with Gasteiger partial charge in [0.15, 0.2) is 0 Å². The number of carbonyl (C=O) groups excluding carboxylic acids is 2. The fraction of sp³-hybridized carbons (Fsp3) is 0.867. The van der Waals surface area contributed by atoms with E-state index in [1.54, 1.807) is 6.92 Å². The normalized spacial score (nSPS) is 12.7. The fourth-order valence-electron chi connectivity index (χ4n) is 2.20. The largest absolute Gasteiger partial charge is 0.356 e. The van der Waals surface area contributed by atoms with Crippen molar-refractivity contribution in [3.05, 3.63) is 0 Å². The Labute approximate surface area is 112 Å². The molecule has 3 nitrogen and oxygen atoms in total. The van der Waals surface area contributed by atoms with Gasteiger partial charge in [-0.05, 0) is 24.7 Å². The van der Waals surface area contributed by atoms with Crippen LogP contribution >= 0.6 is 0 Å². The van der Waals surface area contributed by atoms with Gasteiger partial charge in [0, 0.05) is 18.4 Å². The summed E-state index contributed by atoms with van der Waals surface area (Å²) in [7, 11) is 0. The van der Waals surface area contributed by atoms with Gasteiger partial charge in [-0.2, -0.15) is 0 Å². The summed E-state index contributed by atoms with van der Waals surface area (Å²) >= 11 is 0. The molecule has 1 amide bonds. The van der Waals surface area contributed by atoms with Crippen LogP contribution < -0.4 is 5.32 Å². The highest BCUT2D eigenvalue weighted by Crippen LogP contribution is 2.36. The molecule has 0 rings (SSSR count). The van der Waals surface area contributed by atoms with Crippen LogP contribution in [0.2, 0.25) is 0 Å². The van der Waals surface area contributed by atoms with Gasteiger partial charge in [0.25, 0.3) is 0 Å². The van der Waals surface area contributed by atoms with Crippen LogP contribution in [0.15, 0.2) is 0 Å². The molecular formula is C15H29NO2. The molecule has 0 atom stereocenters. The molecular weight excluding hydrogens is 226 g/mol. The molecule has 0 saturated carbocycles. The maximum Gasteiger partial charge on any atom is 0.220 e. The molecule has 0 saturated heterocycles. The first-order chi connectivity index (χ1) is 7.96. The number of ketones is 1. The molecule has 0 unspecified atom stereocenters. The summed E-state index contributed by atoms with van der Waals surface area (Å²) in [6.45, 7) is 14.5. The first-order valence-electron chi connectivity index (χ1n) is 6.74. The number of rotatable bonds is 7. The Bertz CT molecular complexity index is 304. The Morgan fingerprint density at radius 3 is 2.00 bits per heavy atom. The van der Waals surface area contributed by atoms with Crippen LogP contribution in [0.4, 0.5) is 0 Å². The van der Waals surface area contributed by atoms with Gasteiger partial charge in [0.1, 0.15) is 5.78 Å². The molecule has 0 aliphatic rings.